The summed E-state index contributed by atoms with van der Waals surface area (Å²) in [7, 11) is 0. The smallest absolute Gasteiger partial charge is 0.119 e. The Balaban J connectivity index is 2.44. The molecule has 0 aliphatic carbocycles. The second-order valence-corrected chi connectivity index (χ2v) is 4.62. The van der Waals surface area contributed by atoms with E-state index in [0.717, 1.165) is 24.2 Å². The molecule has 0 amide bonds. The van der Waals surface area contributed by atoms with Crippen LogP contribution >= 0.6 is 11.6 Å². The molecule has 1 aromatic carbocycles. The van der Waals surface area contributed by atoms with Crippen LogP contribution in [0.25, 0.3) is 0 Å². The molecule has 1 atom stereocenters. The minimum absolute atomic E-state index is 0.252. The lowest BCUT2D eigenvalue weighted by atomic mass is 10.1. The van der Waals surface area contributed by atoms with Crippen LogP contribution in [0, 0.1) is 0 Å². The van der Waals surface area contributed by atoms with E-state index in [1.165, 1.54) is 11.1 Å². The van der Waals surface area contributed by atoms with Crippen molar-refractivity contribution >= 4 is 11.6 Å². The van der Waals surface area contributed by atoms with Gasteiger partial charge in [-0.15, -0.1) is 0 Å². The number of aryl methyl sites for hydroxylation is 1. The summed E-state index contributed by atoms with van der Waals surface area (Å²) in [6, 6.07) is 8.38. The third kappa shape index (κ3) is 5.76. The van der Waals surface area contributed by atoms with Crippen molar-refractivity contribution in [3.05, 3.63) is 40.9 Å². The standard InChI is InChI=1S/C14H20ClNO/c1-11(9-15)10-17-14-7-5-13(6-8-14)4-3-12(2)16/h5-9,12H,3-4,10,16H2,1-2H3/b11-9+. The molecule has 0 saturated carbocycles. The Kier molecular flexibility index (Phi) is 6.09. The summed E-state index contributed by atoms with van der Waals surface area (Å²) in [4.78, 5) is 0. The van der Waals surface area contributed by atoms with Crippen molar-refractivity contribution in [3.8, 4) is 5.75 Å². The van der Waals surface area contributed by atoms with Crippen molar-refractivity contribution in [1.29, 1.82) is 0 Å². The minimum atomic E-state index is 0.252. The van der Waals surface area contributed by atoms with Crippen LogP contribution in [0.3, 0.4) is 0 Å². The van der Waals surface area contributed by atoms with Crippen LogP contribution in [0.2, 0.25) is 0 Å². The van der Waals surface area contributed by atoms with E-state index in [0.29, 0.717) is 6.61 Å². The lowest BCUT2D eigenvalue weighted by molar-refractivity contribution is 0.352. The monoisotopic (exact) mass is 253 g/mol. The van der Waals surface area contributed by atoms with Gasteiger partial charge >= 0.3 is 0 Å². The quantitative estimate of drug-likeness (QED) is 0.842. The summed E-state index contributed by atoms with van der Waals surface area (Å²) in [5, 5.41) is 0. The predicted octanol–water partition coefficient (Wildman–Crippen LogP) is 3.49. The van der Waals surface area contributed by atoms with Crippen LogP contribution in [-0.4, -0.2) is 12.6 Å². The first-order chi connectivity index (χ1) is 8.11. The summed E-state index contributed by atoms with van der Waals surface area (Å²) in [6.45, 7) is 4.49. The minimum Gasteiger partial charge on any atom is -0.489 e. The molecule has 0 aliphatic heterocycles. The zero-order chi connectivity index (χ0) is 12.7. The summed E-state index contributed by atoms with van der Waals surface area (Å²) in [5.41, 5.74) is 9.56. The molecule has 0 radical (unpaired) electrons. The van der Waals surface area contributed by atoms with Gasteiger partial charge in [-0.25, -0.2) is 0 Å². The molecule has 0 heterocycles. The number of hydrogen-bond donors (Lipinski definition) is 1. The van der Waals surface area contributed by atoms with Crippen LogP contribution < -0.4 is 10.5 Å². The Morgan fingerprint density at radius 3 is 2.59 bits per heavy atom. The molecular weight excluding hydrogens is 234 g/mol. The number of ether oxygens (including phenoxy) is 1. The summed E-state index contributed by atoms with van der Waals surface area (Å²) < 4.78 is 5.56. The van der Waals surface area contributed by atoms with E-state index in [1.54, 1.807) is 0 Å². The maximum Gasteiger partial charge on any atom is 0.119 e. The van der Waals surface area contributed by atoms with Gasteiger partial charge in [-0.05, 0) is 50.0 Å². The van der Waals surface area contributed by atoms with Crippen LogP contribution in [0.15, 0.2) is 35.4 Å². The fourth-order valence-electron chi connectivity index (χ4n) is 1.38. The van der Waals surface area contributed by atoms with E-state index in [-0.39, 0.29) is 6.04 Å². The highest BCUT2D eigenvalue weighted by molar-refractivity contribution is 6.25. The Labute approximate surface area is 108 Å². The first-order valence-corrected chi connectivity index (χ1v) is 6.28. The van der Waals surface area contributed by atoms with Gasteiger partial charge in [-0.1, -0.05) is 23.7 Å². The highest BCUT2D eigenvalue weighted by Gasteiger charge is 1.98. The van der Waals surface area contributed by atoms with Crippen molar-refractivity contribution in [3.63, 3.8) is 0 Å². The molecule has 0 fully saturated rings. The van der Waals surface area contributed by atoms with Crippen LogP contribution in [0.5, 0.6) is 5.75 Å². The predicted molar refractivity (Wildman–Crippen MR) is 73.5 cm³/mol. The van der Waals surface area contributed by atoms with E-state index in [1.807, 2.05) is 26.0 Å². The molecule has 0 spiro atoms. The molecule has 0 saturated heterocycles. The first-order valence-electron chi connectivity index (χ1n) is 5.85. The maximum absolute atomic E-state index is 5.72. The summed E-state index contributed by atoms with van der Waals surface area (Å²) in [5.74, 6) is 0.868. The van der Waals surface area contributed by atoms with Gasteiger partial charge in [0.15, 0.2) is 0 Å². The molecule has 2 nitrogen and oxygen atoms in total. The Morgan fingerprint density at radius 2 is 2.06 bits per heavy atom. The third-order valence-corrected chi connectivity index (χ3v) is 2.84. The first kappa shape index (κ1) is 14.1. The Hall–Kier alpha value is -0.990. The average Bonchev–Trinajstić information content (AvgIpc) is 2.34. The van der Waals surface area contributed by atoms with E-state index >= 15 is 0 Å². The van der Waals surface area contributed by atoms with Crippen LogP contribution in [0.1, 0.15) is 25.8 Å². The summed E-state index contributed by atoms with van der Waals surface area (Å²) >= 11 is 5.56. The third-order valence-electron chi connectivity index (χ3n) is 2.46. The zero-order valence-corrected chi connectivity index (χ0v) is 11.2. The molecule has 1 unspecified atom stereocenters. The van der Waals surface area contributed by atoms with E-state index < -0.39 is 0 Å². The van der Waals surface area contributed by atoms with Gasteiger partial charge in [0.1, 0.15) is 12.4 Å². The van der Waals surface area contributed by atoms with Crippen molar-refractivity contribution in [1.82, 2.24) is 0 Å². The van der Waals surface area contributed by atoms with Crippen LogP contribution in [-0.2, 0) is 6.42 Å². The molecular formula is C14H20ClNO. The van der Waals surface area contributed by atoms with Crippen molar-refractivity contribution in [2.75, 3.05) is 6.61 Å². The molecule has 94 valence electrons. The molecule has 0 bridgehead atoms. The second kappa shape index (κ2) is 7.36. The van der Waals surface area contributed by atoms with Gasteiger partial charge in [-0.2, -0.15) is 0 Å². The highest BCUT2D eigenvalue weighted by atomic mass is 35.5. The number of halogens is 1. The Morgan fingerprint density at radius 1 is 1.41 bits per heavy atom. The number of hydrogen-bond acceptors (Lipinski definition) is 2. The fourth-order valence-corrected chi connectivity index (χ4v) is 1.44. The summed E-state index contributed by atoms with van der Waals surface area (Å²) in [6.07, 6.45) is 2.02. The van der Waals surface area contributed by atoms with Gasteiger partial charge < -0.3 is 10.5 Å². The SMILES string of the molecule is C/C(=C\Cl)COc1ccc(CCC(C)N)cc1. The van der Waals surface area contributed by atoms with Crippen molar-refractivity contribution in [2.24, 2.45) is 5.73 Å². The molecule has 0 aromatic heterocycles. The van der Waals surface area contributed by atoms with E-state index in [9.17, 15) is 0 Å². The highest BCUT2D eigenvalue weighted by Crippen LogP contribution is 2.14. The van der Waals surface area contributed by atoms with Crippen molar-refractivity contribution < 1.29 is 4.74 Å². The van der Waals surface area contributed by atoms with E-state index in [4.69, 9.17) is 22.1 Å². The van der Waals surface area contributed by atoms with Gasteiger partial charge in [0.2, 0.25) is 0 Å². The fraction of sp³-hybridized carbons (Fsp3) is 0.429. The largest absolute Gasteiger partial charge is 0.489 e. The van der Waals surface area contributed by atoms with Crippen molar-refractivity contribution in [2.45, 2.75) is 32.7 Å². The van der Waals surface area contributed by atoms with E-state index in [2.05, 4.69) is 12.1 Å². The topological polar surface area (TPSA) is 35.2 Å². The normalized spacial score (nSPS) is 13.5. The lowest BCUT2D eigenvalue weighted by Crippen LogP contribution is -2.15. The molecule has 17 heavy (non-hydrogen) atoms. The van der Waals surface area contributed by atoms with Gasteiger partial charge in [-0.3, -0.25) is 0 Å². The second-order valence-electron chi connectivity index (χ2n) is 4.40. The van der Waals surface area contributed by atoms with Gasteiger partial charge in [0.05, 0.1) is 0 Å². The molecule has 0 aliphatic rings. The maximum atomic E-state index is 5.72. The Bertz CT molecular complexity index is 357. The lowest BCUT2D eigenvalue weighted by Gasteiger charge is -2.08. The number of rotatable bonds is 6. The average molecular weight is 254 g/mol. The molecule has 1 rings (SSSR count). The number of nitrogens with two attached hydrogens (primary N) is 1. The molecule has 3 heteroatoms. The molecule has 2 N–H and O–H groups in total. The van der Waals surface area contributed by atoms with Gasteiger partial charge in [0.25, 0.3) is 0 Å². The molecule has 1 aromatic rings. The van der Waals surface area contributed by atoms with Crippen LogP contribution in [0.4, 0.5) is 0 Å². The zero-order valence-electron chi connectivity index (χ0n) is 10.4. The number of benzene rings is 1. The van der Waals surface area contributed by atoms with Gasteiger partial charge in [0, 0.05) is 11.6 Å².